The Morgan fingerprint density at radius 3 is 2.34 bits per heavy atom. The molecule has 0 aliphatic carbocycles. The molecule has 0 saturated carbocycles. The molecule has 29 heavy (non-hydrogen) atoms. The summed E-state index contributed by atoms with van der Waals surface area (Å²) in [6, 6.07) is 3.39. The molecule has 1 saturated heterocycles. The molecule has 0 amide bonds. The summed E-state index contributed by atoms with van der Waals surface area (Å²) in [6.45, 7) is -1.97. The Morgan fingerprint density at radius 1 is 1.07 bits per heavy atom. The van der Waals surface area contributed by atoms with Crippen LogP contribution in [0.5, 0.6) is 11.5 Å². The second-order valence-corrected chi connectivity index (χ2v) is 6.46. The van der Waals surface area contributed by atoms with Gasteiger partial charge in [-0.1, -0.05) is 6.42 Å². The van der Waals surface area contributed by atoms with Gasteiger partial charge in [-0.05, 0) is 37.6 Å². The molecule has 0 radical (unpaired) electrons. The zero-order valence-electron chi connectivity index (χ0n) is 15.7. The molecular formula is C18H22F6N2O3. The zero-order chi connectivity index (χ0) is 21.5. The van der Waals surface area contributed by atoms with Crippen LogP contribution in [0.15, 0.2) is 23.2 Å². The van der Waals surface area contributed by atoms with E-state index < -0.39 is 25.6 Å². The molecule has 1 aliphatic rings. The van der Waals surface area contributed by atoms with Gasteiger partial charge in [0.15, 0.2) is 13.2 Å². The minimum Gasteiger partial charge on any atom is -0.484 e. The summed E-state index contributed by atoms with van der Waals surface area (Å²) in [6.07, 6.45) is -6.19. The number of piperidine rings is 1. The number of ether oxygens (including phenoxy) is 3. The number of alkyl halides is 6. The van der Waals surface area contributed by atoms with Crippen LogP contribution in [0, 0.1) is 0 Å². The Hall–Kier alpha value is -2.17. The maximum absolute atomic E-state index is 12.5. The summed E-state index contributed by atoms with van der Waals surface area (Å²) in [7, 11) is 1.27. The summed E-state index contributed by atoms with van der Waals surface area (Å²) in [5.41, 5.74) is -0.0211. The number of benzene rings is 1. The first-order valence-electron chi connectivity index (χ1n) is 8.93. The van der Waals surface area contributed by atoms with Crippen molar-refractivity contribution in [3.63, 3.8) is 0 Å². The van der Waals surface area contributed by atoms with Crippen LogP contribution in [0.3, 0.4) is 0 Å². The van der Waals surface area contributed by atoms with E-state index in [0.29, 0.717) is 6.54 Å². The third kappa shape index (κ3) is 8.38. The van der Waals surface area contributed by atoms with Crippen molar-refractivity contribution < 1.29 is 40.6 Å². The van der Waals surface area contributed by atoms with Crippen molar-refractivity contribution >= 4 is 5.90 Å². The highest BCUT2D eigenvalue weighted by Gasteiger charge is 2.30. The van der Waals surface area contributed by atoms with E-state index in [-0.39, 0.29) is 29.0 Å². The molecule has 1 N–H and O–H groups in total. The molecule has 1 atom stereocenters. The van der Waals surface area contributed by atoms with Crippen molar-refractivity contribution in [2.24, 2.45) is 4.99 Å². The maximum Gasteiger partial charge on any atom is 0.422 e. The van der Waals surface area contributed by atoms with Crippen molar-refractivity contribution in [1.29, 1.82) is 0 Å². The van der Waals surface area contributed by atoms with E-state index in [1.807, 2.05) is 0 Å². The van der Waals surface area contributed by atoms with Crippen LogP contribution in [0.1, 0.15) is 24.8 Å². The Kier molecular flexibility index (Phi) is 8.00. The molecule has 1 fully saturated rings. The van der Waals surface area contributed by atoms with E-state index in [0.717, 1.165) is 44.0 Å². The van der Waals surface area contributed by atoms with E-state index in [2.05, 4.69) is 15.0 Å². The predicted molar refractivity (Wildman–Crippen MR) is 93.6 cm³/mol. The normalized spacial score (nSPS) is 18.4. The molecule has 0 bridgehead atoms. The summed E-state index contributed by atoms with van der Waals surface area (Å²) in [5, 5.41) is 3.27. The van der Waals surface area contributed by atoms with Gasteiger partial charge in [-0.2, -0.15) is 26.3 Å². The fraction of sp³-hybridized carbons (Fsp3) is 0.611. The number of halogens is 6. The monoisotopic (exact) mass is 428 g/mol. The third-order valence-electron chi connectivity index (χ3n) is 4.04. The zero-order valence-corrected chi connectivity index (χ0v) is 15.7. The SMILES string of the molecule is COC(=NCC1CCCCN1)c1cc(OCC(F)(F)F)ccc1OCC(F)(F)F. The van der Waals surface area contributed by atoms with Gasteiger partial charge < -0.3 is 19.5 Å². The number of hydrogen-bond acceptors (Lipinski definition) is 5. The van der Waals surface area contributed by atoms with Crippen LogP contribution in [0.4, 0.5) is 26.3 Å². The van der Waals surface area contributed by atoms with Crippen molar-refractivity contribution in [1.82, 2.24) is 5.32 Å². The second-order valence-electron chi connectivity index (χ2n) is 6.46. The van der Waals surface area contributed by atoms with Crippen LogP contribution in [-0.4, -0.2) is 57.7 Å². The Labute approximate surface area is 164 Å². The standard InChI is InChI=1S/C18H22F6N2O3/c1-27-16(26-9-12-4-2-3-7-25-12)14-8-13(28-10-17(19,20)21)5-6-15(14)29-11-18(22,23)24/h5-6,8,12,25H,2-4,7,9-11H2,1H3. The molecule has 1 heterocycles. The molecule has 1 aromatic carbocycles. The predicted octanol–water partition coefficient (Wildman–Crippen LogP) is 4.10. The Morgan fingerprint density at radius 2 is 1.76 bits per heavy atom. The van der Waals surface area contributed by atoms with Gasteiger partial charge in [0.05, 0.1) is 19.2 Å². The molecule has 11 heteroatoms. The fourth-order valence-corrected chi connectivity index (χ4v) is 2.75. The highest BCUT2D eigenvalue weighted by molar-refractivity contribution is 5.97. The van der Waals surface area contributed by atoms with Crippen LogP contribution in [0.25, 0.3) is 0 Å². The lowest BCUT2D eigenvalue weighted by Crippen LogP contribution is -2.36. The first-order valence-corrected chi connectivity index (χ1v) is 8.93. The lowest BCUT2D eigenvalue weighted by Gasteiger charge is -2.22. The fourth-order valence-electron chi connectivity index (χ4n) is 2.75. The number of nitrogens with one attached hydrogen (secondary N) is 1. The van der Waals surface area contributed by atoms with Crippen LogP contribution in [-0.2, 0) is 4.74 Å². The van der Waals surface area contributed by atoms with Crippen LogP contribution >= 0.6 is 0 Å². The molecule has 1 unspecified atom stereocenters. The molecule has 2 rings (SSSR count). The summed E-state index contributed by atoms with van der Waals surface area (Å²) in [4.78, 5) is 4.28. The maximum atomic E-state index is 12.5. The highest BCUT2D eigenvalue weighted by Crippen LogP contribution is 2.28. The number of nitrogens with zero attached hydrogens (tertiary/aromatic N) is 1. The first kappa shape index (κ1) is 23.1. The van der Waals surface area contributed by atoms with Crippen molar-refractivity contribution in [3.8, 4) is 11.5 Å². The summed E-state index contributed by atoms with van der Waals surface area (Å²) < 4.78 is 89.4. The lowest BCUT2D eigenvalue weighted by atomic mass is 10.1. The number of rotatable bonds is 7. The summed E-state index contributed by atoms with van der Waals surface area (Å²) in [5.74, 6) is -0.469. The van der Waals surface area contributed by atoms with Gasteiger partial charge in [0.1, 0.15) is 11.5 Å². The molecule has 0 spiro atoms. The Bertz CT molecular complexity index is 685. The Balaban J connectivity index is 2.25. The highest BCUT2D eigenvalue weighted by atomic mass is 19.4. The lowest BCUT2D eigenvalue weighted by molar-refractivity contribution is -0.154. The molecule has 0 aromatic heterocycles. The molecule has 1 aromatic rings. The van der Waals surface area contributed by atoms with Crippen LogP contribution < -0.4 is 14.8 Å². The van der Waals surface area contributed by atoms with Gasteiger partial charge in [0.2, 0.25) is 5.90 Å². The van der Waals surface area contributed by atoms with Crippen molar-refractivity contribution in [2.45, 2.75) is 37.7 Å². The average molecular weight is 428 g/mol. The minimum absolute atomic E-state index is 0.0211. The van der Waals surface area contributed by atoms with E-state index in [4.69, 9.17) is 9.47 Å². The van der Waals surface area contributed by atoms with Gasteiger partial charge in [-0.3, -0.25) is 0 Å². The van der Waals surface area contributed by atoms with Gasteiger partial charge in [-0.15, -0.1) is 0 Å². The first-order chi connectivity index (χ1) is 13.6. The third-order valence-corrected chi connectivity index (χ3v) is 4.04. The largest absolute Gasteiger partial charge is 0.484 e. The molecular weight excluding hydrogens is 406 g/mol. The number of aliphatic imine (C=N–C) groups is 1. The molecule has 164 valence electrons. The van der Waals surface area contributed by atoms with Gasteiger partial charge >= 0.3 is 12.4 Å². The van der Waals surface area contributed by atoms with Gasteiger partial charge in [0.25, 0.3) is 0 Å². The molecule has 5 nitrogen and oxygen atoms in total. The smallest absolute Gasteiger partial charge is 0.422 e. The van der Waals surface area contributed by atoms with Gasteiger partial charge in [-0.25, -0.2) is 4.99 Å². The minimum atomic E-state index is -4.58. The van der Waals surface area contributed by atoms with Crippen molar-refractivity contribution in [2.75, 3.05) is 33.4 Å². The summed E-state index contributed by atoms with van der Waals surface area (Å²) >= 11 is 0. The molecule has 1 aliphatic heterocycles. The topological polar surface area (TPSA) is 52.1 Å². The number of hydrogen-bond donors (Lipinski definition) is 1. The van der Waals surface area contributed by atoms with E-state index in [9.17, 15) is 26.3 Å². The second kappa shape index (κ2) is 10.0. The van der Waals surface area contributed by atoms with Crippen LogP contribution in [0.2, 0.25) is 0 Å². The van der Waals surface area contributed by atoms with E-state index in [1.165, 1.54) is 7.11 Å². The average Bonchev–Trinajstić information content (AvgIpc) is 2.65. The van der Waals surface area contributed by atoms with Gasteiger partial charge in [0, 0.05) is 6.04 Å². The van der Waals surface area contributed by atoms with E-state index >= 15 is 0 Å². The number of methoxy groups -OCH3 is 1. The quantitative estimate of drug-likeness (QED) is 0.404. The van der Waals surface area contributed by atoms with E-state index in [1.54, 1.807) is 0 Å². The van der Waals surface area contributed by atoms with Crippen molar-refractivity contribution in [3.05, 3.63) is 23.8 Å².